The van der Waals surface area contributed by atoms with E-state index in [0.717, 1.165) is 11.3 Å². The third kappa shape index (κ3) is 7.13. The Morgan fingerprint density at radius 2 is 1.43 bits per heavy atom. The van der Waals surface area contributed by atoms with Gasteiger partial charge in [0.25, 0.3) is 0 Å². The first-order valence-electron chi connectivity index (χ1n) is 10.5. The maximum absolute atomic E-state index is 11.2. The van der Waals surface area contributed by atoms with Gasteiger partial charge >= 0.3 is 44.4 Å². The molecular weight excluding hydrogens is 378 g/mol. The molecule has 7 nitrogen and oxygen atoms in total. The minimum absolute atomic E-state index is 0.0954. The number of carbonyl (C=O) groups excluding carboxylic acids is 1. The van der Waals surface area contributed by atoms with Gasteiger partial charge in [0.15, 0.2) is 0 Å². The van der Waals surface area contributed by atoms with Crippen molar-refractivity contribution in [3.63, 3.8) is 0 Å². The number of hydrogen-bond donors (Lipinski definition) is 2. The fourth-order valence-electron chi connectivity index (χ4n) is 2.65. The number of cyclic esters (lactones) is 1. The SMILES string of the molecule is CB=N.CB=N.[2H]c1ccc2c(n1)[C@@H](C)COC2=O.[2H]c1ccc2c(n1)[C@H](C)COC2=C. The summed E-state index contributed by atoms with van der Waals surface area (Å²) in [5.41, 5.74) is 3.05. The maximum Gasteiger partial charge on any atom is 0.340 e. The molecule has 30 heavy (non-hydrogen) atoms. The zero-order valence-corrected chi connectivity index (χ0v) is 17.9. The largest absolute Gasteiger partial charge is 0.493 e. The van der Waals surface area contributed by atoms with Crippen LogP contribution in [0.5, 0.6) is 0 Å². The Hall–Kier alpha value is -2.96. The minimum Gasteiger partial charge on any atom is -0.493 e. The van der Waals surface area contributed by atoms with Crippen molar-refractivity contribution in [3.8, 4) is 0 Å². The van der Waals surface area contributed by atoms with Crippen LogP contribution in [0, 0.1) is 10.6 Å². The smallest absolute Gasteiger partial charge is 0.340 e. The van der Waals surface area contributed by atoms with Crippen LogP contribution in [0.3, 0.4) is 0 Å². The standard InChI is InChI=1S/C10H11NO.C9H9NO2.2CH4BN/c1-7-6-12-8(2)9-4-3-5-11-10(7)9;1-6-5-12-9(11)7-3-2-4-10-8(6)7;2*1-2-3/h3-5,7H,2,6H2,1H3;2-4,6H,5H2,1H3;2*3H,1H3/t7-;6-;;/m10../s1/i5D;4D;;. The van der Waals surface area contributed by atoms with Crippen LogP contribution in [0.15, 0.2) is 43.2 Å². The molecule has 0 saturated carbocycles. The average Bonchev–Trinajstić information content (AvgIpc) is 2.75. The molecule has 156 valence electrons. The van der Waals surface area contributed by atoms with E-state index >= 15 is 0 Å². The third-order valence-electron chi connectivity index (χ3n) is 4.00. The number of aromatic nitrogens is 2. The summed E-state index contributed by atoms with van der Waals surface area (Å²) in [6.07, 6.45) is 0.501. The Labute approximate surface area is 182 Å². The van der Waals surface area contributed by atoms with Crippen molar-refractivity contribution in [1.82, 2.24) is 9.97 Å². The van der Waals surface area contributed by atoms with Crippen molar-refractivity contribution in [3.05, 3.63) is 65.7 Å². The minimum atomic E-state index is -0.333. The number of hydrogen-bond acceptors (Lipinski definition) is 7. The maximum atomic E-state index is 11.2. The van der Waals surface area contributed by atoms with Crippen LogP contribution in [-0.4, -0.2) is 43.3 Å². The summed E-state index contributed by atoms with van der Waals surface area (Å²) in [7, 11) is 2.50. The van der Waals surface area contributed by atoms with Gasteiger partial charge in [0.05, 0.1) is 32.9 Å². The zero-order valence-electron chi connectivity index (χ0n) is 19.9. The summed E-state index contributed by atoms with van der Waals surface area (Å²) in [6.45, 7) is 12.1. The Morgan fingerprint density at radius 3 is 1.97 bits per heavy atom. The van der Waals surface area contributed by atoms with E-state index in [9.17, 15) is 4.79 Å². The van der Waals surface area contributed by atoms with Crippen LogP contribution in [0.25, 0.3) is 5.76 Å². The van der Waals surface area contributed by atoms with Gasteiger partial charge in [0.1, 0.15) is 5.76 Å². The monoisotopic (exact) mass is 408 g/mol. The number of esters is 1. The number of nitrogens with zero attached hydrogens (tertiary/aromatic N) is 2. The van der Waals surface area contributed by atoms with Gasteiger partial charge in [-0.3, -0.25) is 9.97 Å². The van der Waals surface area contributed by atoms with Crippen molar-refractivity contribution in [1.29, 1.82) is 10.6 Å². The Bertz CT molecular complexity index is 899. The molecule has 2 aromatic heterocycles. The van der Waals surface area contributed by atoms with Crippen LogP contribution in [0.2, 0.25) is 13.6 Å². The topological polar surface area (TPSA) is 109 Å². The fraction of sp³-hybridized carbons (Fsp3) is 0.381. The molecule has 2 N–H and O–H groups in total. The van der Waals surface area contributed by atoms with Gasteiger partial charge in [-0.1, -0.05) is 20.4 Å². The molecule has 2 aliphatic heterocycles. The van der Waals surface area contributed by atoms with Gasteiger partial charge in [0, 0.05) is 29.7 Å². The summed E-state index contributed by atoms with van der Waals surface area (Å²) in [6, 6.07) is 6.61. The van der Waals surface area contributed by atoms with E-state index in [0.29, 0.717) is 36.4 Å². The third-order valence-corrected chi connectivity index (χ3v) is 4.00. The molecule has 0 fully saturated rings. The van der Waals surface area contributed by atoms with Gasteiger partial charge in [-0.05, 0) is 24.3 Å². The quantitative estimate of drug-likeness (QED) is 0.491. The molecule has 0 spiro atoms. The van der Waals surface area contributed by atoms with Crippen LogP contribution >= 0.6 is 0 Å². The van der Waals surface area contributed by atoms with E-state index in [2.05, 4.69) is 16.5 Å². The van der Waals surface area contributed by atoms with Crippen LogP contribution in [-0.2, 0) is 9.47 Å². The summed E-state index contributed by atoms with van der Waals surface area (Å²) in [5, 5.41) is 12.2. The second kappa shape index (κ2) is 13.3. The average molecular weight is 408 g/mol. The van der Waals surface area contributed by atoms with E-state index in [-0.39, 0.29) is 24.0 Å². The normalized spacial score (nSPS) is 18.7. The molecule has 4 rings (SSSR count). The number of ether oxygens (including phenoxy) is 2. The molecule has 0 aromatic carbocycles. The molecule has 0 unspecified atom stereocenters. The summed E-state index contributed by atoms with van der Waals surface area (Å²) in [5.74, 6) is 0.685. The summed E-state index contributed by atoms with van der Waals surface area (Å²) >= 11 is 0. The molecule has 4 heterocycles. The van der Waals surface area contributed by atoms with Gasteiger partial charge in [-0.25, -0.2) is 4.79 Å². The van der Waals surface area contributed by atoms with E-state index in [4.69, 9.17) is 22.8 Å². The van der Waals surface area contributed by atoms with Gasteiger partial charge in [-0.15, -0.1) is 0 Å². The Balaban J connectivity index is 0.000000258. The molecule has 0 saturated heterocycles. The van der Waals surface area contributed by atoms with Crippen LogP contribution in [0.4, 0.5) is 0 Å². The van der Waals surface area contributed by atoms with Gasteiger partial charge in [-0.2, -0.15) is 0 Å². The van der Waals surface area contributed by atoms with Crippen molar-refractivity contribution < 1.29 is 17.0 Å². The molecule has 2 atom stereocenters. The molecule has 0 aliphatic carbocycles. The first-order chi connectivity index (χ1) is 15.2. The molecule has 2 aliphatic rings. The summed E-state index contributed by atoms with van der Waals surface area (Å²) in [4.78, 5) is 19.4. The summed E-state index contributed by atoms with van der Waals surface area (Å²) < 4.78 is 25.0. The molecular formula is C21H28B2N4O3. The molecule has 2 aromatic rings. The molecule has 0 radical (unpaired) electrons. The van der Waals surface area contributed by atoms with Crippen molar-refractivity contribution in [2.45, 2.75) is 39.3 Å². The van der Waals surface area contributed by atoms with E-state index in [1.807, 2.05) is 19.9 Å². The van der Waals surface area contributed by atoms with Crippen molar-refractivity contribution in [2.24, 2.45) is 0 Å². The first kappa shape index (κ1) is 21.7. The number of rotatable bonds is 0. The molecule has 0 bridgehead atoms. The van der Waals surface area contributed by atoms with E-state index < -0.39 is 0 Å². The van der Waals surface area contributed by atoms with Crippen molar-refractivity contribution in [2.75, 3.05) is 13.2 Å². The second-order valence-corrected chi connectivity index (χ2v) is 6.46. The Morgan fingerprint density at radius 1 is 1.00 bits per heavy atom. The predicted octanol–water partition coefficient (Wildman–Crippen LogP) is 4.54. The van der Waals surface area contributed by atoms with E-state index in [1.54, 1.807) is 25.8 Å². The van der Waals surface area contributed by atoms with Gasteiger partial charge < -0.3 is 9.47 Å². The van der Waals surface area contributed by atoms with E-state index in [1.165, 1.54) is 20.2 Å². The Kier molecular flexibility index (Phi) is 9.64. The molecule has 0 amide bonds. The number of pyridine rings is 2. The van der Waals surface area contributed by atoms with Crippen molar-refractivity contribution >= 4 is 25.9 Å². The zero-order chi connectivity index (χ0) is 24.3. The predicted molar refractivity (Wildman–Crippen MR) is 119 cm³/mol. The second-order valence-electron chi connectivity index (χ2n) is 6.46. The number of fused-ring (bicyclic) bond motifs is 2. The fourth-order valence-corrected chi connectivity index (χ4v) is 2.65. The van der Waals surface area contributed by atoms with Crippen LogP contribution in [0.1, 0.15) is 55.7 Å². The molecule has 9 heteroatoms. The number of nitrogens with one attached hydrogen (secondary N) is 2. The van der Waals surface area contributed by atoms with Crippen LogP contribution < -0.4 is 0 Å². The van der Waals surface area contributed by atoms with Gasteiger partial charge in [0.2, 0.25) is 0 Å². The number of carbonyl (C=O) groups is 1. The first-order valence-corrected chi connectivity index (χ1v) is 9.54.